The molecule has 8 nitrogen and oxygen atoms in total. The third-order valence-electron chi connectivity index (χ3n) is 4.57. The van der Waals surface area contributed by atoms with E-state index in [4.69, 9.17) is 4.74 Å². The van der Waals surface area contributed by atoms with E-state index in [1.165, 1.54) is 31.3 Å². The minimum absolute atomic E-state index is 0.179. The molecule has 2 aromatic carbocycles. The SMILES string of the molecule is CNS(=O)(=O)c1ccc(N2CC(C)OC(c3ccc(F)cc3)C2)c([N+](=O)[O-])c1. The molecule has 1 fully saturated rings. The second-order valence-electron chi connectivity index (χ2n) is 6.51. The van der Waals surface area contributed by atoms with Crippen LogP contribution in [0.3, 0.4) is 0 Å². The zero-order chi connectivity index (χ0) is 20.5. The molecule has 0 bridgehead atoms. The van der Waals surface area contributed by atoms with Crippen molar-refractivity contribution in [1.82, 2.24) is 4.72 Å². The molecule has 1 aliphatic rings. The number of ether oxygens (including phenoxy) is 1. The number of nitrogens with zero attached hydrogens (tertiary/aromatic N) is 2. The topological polar surface area (TPSA) is 102 Å². The summed E-state index contributed by atoms with van der Waals surface area (Å²) in [6.45, 7) is 2.56. The van der Waals surface area contributed by atoms with Crippen molar-refractivity contribution in [3.8, 4) is 0 Å². The molecular formula is C18H20FN3O5S. The second kappa shape index (κ2) is 7.82. The number of halogens is 1. The van der Waals surface area contributed by atoms with Crippen LogP contribution in [0.25, 0.3) is 0 Å². The molecule has 1 aliphatic heterocycles. The molecule has 1 N–H and O–H groups in total. The van der Waals surface area contributed by atoms with E-state index in [1.807, 2.05) is 6.92 Å². The third-order valence-corrected chi connectivity index (χ3v) is 5.98. The Labute approximate surface area is 162 Å². The van der Waals surface area contributed by atoms with Crippen LogP contribution in [-0.2, 0) is 14.8 Å². The monoisotopic (exact) mass is 409 g/mol. The summed E-state index contributed by atoms with van der Waals surface area (Å²) >= 11 is 0. The average molecular weight is 409 g/mol. The van der Waals surface area contributed by atoms with Crippen LogP contribution in [0.4, 0.5) is 15.8 Å². The fraction of sp³-hybridized carbons (Fsp3) is 0.333. The van der Waals surface area contributed by atoms with E-state index < -0.39 is 21.1 Å². The number of hydrogen-bond acceptors (Lipinski definition) is 6. The minimum Gasteiger partial charge on any atom is -0.367 e. The van der Waals surface area contributed by atoms with Gasteiger partial charge in [0.1, 0.15) is 17.6 Å². The Morgan fingerprint density at radius 3 is 2.50 bits per heavy atom. The van der Waals surface area contributed by atoms with Crippen molar-refractivity contribution in [2.45, 2.75) is 24.0 Å². The van der Waals surface area contributed by atoms with E-state index in [-0.39, 0.29) is 22.5 Å². The number of benzene rings is 2. The molecule has 0 amide bonds. The van der Waals surface area contributed by atoms with Crippen LogP contribution in [0.15, 0.2) is 47.4 Å². The smallest absolute Gasteiger partial charge is 0.293 e. The lowest BCUT2D eigenvalue weighted by molar-refractivity contribution is -0.384. The van der Waals surface area contributed by atoms with Gasteiger partial charge in [0, 0.05) is 19.2 Å². The molecule has 0 aromatic heterocycles. The first-order valence-corrected chi connectivity index (χ1v) is 10.1. The molecule has 2 atom stereocenters. The molecule has 3 rings (SSSR count). The Morgan fingerprint density at radius 2 is 1.89 bits per heavy atom. The van der Waals surface area contributed by atoms with Gasteiger partial charge in [-0.1, -0.05) is 12.1 Å². The second-order valence-corrected chi connectivity index (χ2v) is 8.39. The van der Waals surface area contributed by atoms with E-state index in [0.717, 1.165) is 11.6 Å². The van der Waals surface area contributed by atoms with Crippen LogP contribution in [0, 0.1) is 15.9 Å². The summed E-state index contributed by atoms with van der Waals surface area (Å²) in [7, 11) is -2.56. The summed E-state index contributed by atoms with van der Waals surface area (Å²) in [5.41, 5.74) is 0.764. The normalized spacial score (nSPS) is 20.2. The first-order valence-electron chi connectivity index (χ1n) is 8.59. The standard InChI is InChI=1S/C18H20FN3O5S/c1-12-10-21(11-18(27-12)13-3-5-14(19)6-4-13)16-8-7-15(28(25,26)20-2)9-17(16)22(23)24/h3-9,12,18,20H,10-11H2,1-2H3. The van der Waals surface area contributed by atoms with Gasteiger partial charge in [0.2, 0.25) is 10.0 Å². The lowest BCUT2D eigenvalue weighted by Gasteiger charge is -2.38. The van der Waals surface area contributed by atoms with Gasteiger partial charge in [-0.3, -0.25) is 10.1 Å². The number of nitro groups is 1. The van der Waals surface area contributed by atoms with Gasteiger partial charge in [0.25, 0.3) is 5.69 Å². The molecule has 1 saturated heterocycles. The maximum Gasteiger partial charge on any atom is 0.293 e. The van der Waals surface area contributed by atoms with E-state index in [2.05, 4.69) is 4.72 Å². The average Bonchev–Trinajstić information content (AvgIpc) is 2.67. The summed E-state index contributed by atoms with van der Waals surface area (Å²) in [6, 6.07) is 9.72. The molecule has 2 unspecified atom stereocenters. The van der Waals surface area contributed by atoms with E-state index in [1.54, 1.807) is 17.0 Å². The largest absolute Gasteiger partial charge is 0.367 e. The Hall–Kier alpha value is -2.56. The predicted octanol–water partition coefficient (Wildman–Crippen LogP) is 2.61. The van der Waals surface area contributed by atoms with Crippen LogP contribution in [0.1, 0.15) is 18.6 Å². The fourth-order valence-corrected chi connectivity index (χ4v) is 3.96. The van der Waals surface area contributed by atoms with Crippen molar-refractivity contribution in [2.24, 2.45) is 0 Å². The molecule has 28 heavy (non-hydrogen) atoms. The van der Waals surface area contributed by atoms with E-state index in [9.17, 15) is 22.9 Å². The highest BCUT2D eigenvalue weighted by molar-refractivity contribution is 7.89. The Bertz CT molecular complexity index is 981. The summed E-state index contributed by atoms with van der Waals surface area (Å²) in [6.07, 6.45) is -0.631. The maximum absolute atomic E-state index is 13.2. The van der Waals surface area contributed by atoms with Gasteiger partial charge < -0.3 is 9.64 Å². The number of nitro benzene ring substituents is 1. The number of rotatable bonds is 5. The van der Waals surface area contributed by atoms with Gasteiger partial charge >= 0.3 is 0 Å². The molecular weight excluding hydrogens is 389 g/mol. The summed E-state index contributed by atoms with van der Waals surface area (Å²) in [4.78, 5) is 12.6. The first-order chi connectivity index (χ1) is 13.2. The lowest BCUT2D eigenvalue weighted by Crippen LogP contribution is -2.43. The molecule has 150 valence electrons. The van der Waals surface area contributed by atoms with Gasteiger partial charge in [-0.2, -0.15) is 0 Å². The predicted molar refractivity (Wildman–Crippen MR) is 101 cm³/mol. The van der Waals surface area contributed by atoms with Crippen molar-refractivity contribution in [2.75, 3.05) is 25.0 Å². The Balaban J connectivity index is 1.97. The van der Waals surface area contributed by atoms with Gasteiger partial charge in [0.15, 0.2) is 0 Å². The van der Waals surface area contributed by atoms with Crippen molar-refractivity contribution in [1.29, 1.82) is 0 Å². The van der Waals surface area contributed by atoms with Gasteiger partial charge in [-0.15, -0.1) is 0 Å². The van der Waals surface area contributed by atoms with Crippen molar-refractivity contribution < 1.29 is 22.5 Å². The van der Waals surface area contributed by atoms with Gasteiger partial charge in [-0.05, 0) is 43.8 Å². The van der Waals surface area contributed by atoms with Crippen molar-refractivity contribution >= 4 is 21.4 Å². The van der Waals surface area contributed by atoms with Crippen LogP contribution in [-0.4, -0.2) is 39.6 Å². The Morgan fingerprint density at radius 1 is 1.21 bits per heavy atom. The molecule has 1 heterocycles. The van der Waals surface area contributed by atoms with Gasteiger partial charge in [0.05, 0.1) is 15.9 Å². The summed E-state index contributed by atoms with van der Waals surface area (Å²) < 4.78 is 45.2. The third kappa shape index (κ3) is 4.13. The van der Waals surface area contributed by atoms with Crippen molar-refractivity contribution in [3.05, 3.63) is 64.0 Å². The van der Waals surface area contributed by atoms with Crippen LogP contribution < -0.4 is 9.62 Å². The highest BCUT2D eigenvalue weighted by Gasteiger charge is 2.31. The minimum atomic E-state index is -3.80. The molecule has 2 aromatic rings. The van der Waals surface area contributed by atoms with Crippen LogP contribution in [0.2, 0.25) is 0 Å². The molecule has 0 saturated carbocycles. The summed E-state index contributed by atoms with van der Waals surface area (Å²) in [5.74, 6) is -0.360. The van der Waals surface area contributed by atoms with Crippen molar-refractivity contribution in [3.63, 3.8) is 0 Å². The fourth-order valence-electron chi connectivity index (χ4n) is 3.21. The van der Waals surface area contributed by atoms with E-state index >= 15 is 0 Å². The molecule has 0 spiro atoms. The maximum atomic E-state index is 13.2. The number of morpholine rings is 1. The van der Waals surface area contributed by atoms with E-state index in [0.29, 0.717) is 18.8 Å². The zero-order valence-corrected chi connectivity index (χ0v) is 16.1. The number of sulfonamides is 1. The molecule has 0 radical (unpaired) electrons. The number of nitrogens with one attached hydrogen (secondary N) is 1. The molecule has 0 aliphatic carbocycles. The number of anilines is 1. The quantitative estimate of drug-likeness (QED) is 0.602. The highest BCUT2D eigenvalue weighted by Crippen LogP contribution is 2.35. The zero-order valence-electron chi connectivity index (χ0n) is 15.3. The first kappa shape index (κ1) is 20.2. The van der Waals surface area contributed by atoms with Crippen LogP contribution in [0.5, 0.6) is 0 Å². The number of hydrogen-bond donors (Lipinski definition) is 1. The Kier molecular flexibility index (Phi) is 5.64. The molecule has 10 heteroatoms. The summed E-state index contributed by atoms with van der Waals surface area (Å²) in [5, 5.41) is 11.6. The lowest BCUT2D eigenvalue weighted by atomic mass is 10.1. The van der Waals surface area contributed by atoms with Gasteiger partial charge in [-0.25, -0.2) is 17.5 Å². The van der Waals surface area contributed by atoms with Crippen LogP contribution >= 0.6 is 0 Å². The highest BCUT2D eigenvalue weighted by atomic mass is 32.2.